The van der Waals surface area contributed by atoms with Gasteiger partial charge in [0.1, 0.15) is 35.4 Å². The zero-order valence-electron chi connectivity index (χ0n) is 21.7. The molecule has 7 nitrogen and oxygen atoms in total. The zero-order chi connectivity index (χ0) is 26.7. The van der Waals surface area contributed by atoms with Gasteiger partial charge < -0.3 is 34.3 Å². The van der Waals surface area contributed by atoms with E-state index in [9.17, 15) is 15.3 Å². The van der Waals surface area contributed by atoms with Crippen molar-refractivity contribution < 1.29 is 34.3 Å². The molecule has 0 saturated carbocycles. The third kappa shape index (κ3) is 8.28. The third-order valence-corrected chi connectivity index (χ3v) is 6.09. The van der Waals surface area contributed by atoms with Crippen LogP contribution in [0.2, 0.25) is 0 Å². The zero-order valence-corrected chi connectivity index (χ0v) is 21.7. The molecule has 0 bridgehead atoms. The van der Waals surface area contributed by atoms with Crippen molar-refractivity contribution in [3.05, 3.63) is 95.6 Å². The second-order valence-corrected chi connectivity index (χ2v) is 9.22. The third-order valence-electron chi connectivity index (χ3n) is 6.09. The fraction of sp³-hybridized carbons (Fsp3) is 0.400. The Morgan fingerprint density at radius 1 is 0.676 bits per heavy atom. The molecule has 7 heteroatoms. The van der Waals surface area contributed by atoms with Crippen molar-refractivity contribution >= 4 is 0 Å². The number of aliphatic hydroxyl groups excluding tert-OH is 3. The molecule has 3 unspecified atom stereocenters. The van der Waals surface area contributed by atoms with Gasteiger partial charge in [0.25, 0.3) is 0 Å². The lowest BCUT2D eigenvalue weighted by Gasteiger charge is -2.33. The van der Waals surface area contributed by atoms with Crippen molar-refractivity contribution in [1.29, 1.82) is 0 Å². The minimum Gasteiger partial charge on any atom is -0.488 e. The summed E-state index contributed by atoms with van der Waals surface area (Å²) >= 11 is 0. The Balaban J connectivity index is 1.81. The summed E-state index contributed by atoms with van der Waals surface area (Å²) < 4.78 is 23.8. The highest BCUT2D eigenvalue weighted by atomic mass is 16.5. The molecule has 0 aliphatic rings. The molecule has 200 valence electrons. The van der Waals surface area contributed by atoms with E-state index in [-0.39, 0.29) is 38.6 Å². The molecule has 0 heterocycles. The standard InChI is InChI=1S/C30H38O7/c1-22(17-31)36-27-13-9-25(10-14-27)30(3,26-11-15-28(16-12-26)37-23(2)18-32)35-21-29(19-33)34-20-24-7-5-4-6-8-24/h4-16,22-23,29,31-33H,17-21H2,1-3H3. The quantitative estimate of drug-likeness (QED) is 0.284. The summed E-state index contributed by atoms with van der Waals surface area (Å²) in [6, 6.07) is 24.9. The first-order chi connectivity index (χ1) is 17.9. The van der Waals surface area contributed by atoms with Gasteiger partial charge in [0.2, 0.25) is 0 Å². The Morgan fingerprint density at radius 2 is 1.16 bits per heavy atom. The number of hydrogen-bond donors (Lipinski definition) is 3. The Morgan fingerprint density at radius 3 is 1.59 bits per heavy atom. The lowest BCUT2D eigenvalue weighted by atomic mass is 9.87. The summed E-state index contributed by atoms with van der Waals surface area (Å²) in [6.07, 6.45) is -1.13. The van der Waals surface area contributed by atoms with Crippen LogP contribution in [0.5, 0.6) is 11.5 Å². The van der Waals surface area contributed by atoms with Crippen molar-refractivity contribution in [3.63, 3.8) is 0 Å². The number of benzene rings is 3. The first kappa shape index (κ1) is 28.6. The highest BCUT2D eigenvalue weighted by Crippen LogP contribution is 2.35. The van der Waals surface area contributed by atoms with Gasteiger partial charge in [0.15, 0.2) is 0 Å². The van der Waals surface area contributed by atoms with Gasteiger partial charge in [0.05, 0.1) is 33.0 Å². The molecule has 0 amide bonds. The van der Waals surface area contributed by atoms with Crippen LogP contribution in [-0.2, 0) is 21.7 Å². The summed E-state index contributed by atoms with van der Waals surface area (Å²) in [7, 11) is 0. The highest BCUT2D eigenvalue weighted by molar-refractivity contribution is 5.40. The van der Waals surface area contributed by atoms with Gasteiger partial charge in [-0.05, 0) is 61.7 Å². The monoisotopic (exact) mass is 510 g/mol. The van der Waals surface area contributed by atoms with Crippen molar-refractivity contribution in [2.45, 2.75) is 51.3 Å². The second kappa shape index (κ2) is 14.1. The van der Waals surface area contributed by atoms with E-state index in [1.165, 1.54) is 0 Å². The van der Waals surface area contributed by atoms with E-state index in [0.29, 0.717) is 18.1 Å². The Hall–Kier alpha value is -2.94. The van der Waals surface area contributed by atoms with E-state index in [0.717, 1.165) is 16.7 Å². The Bertz CT molecular complexity index is 982. The van der Waals surface area contributed by atoms with Gasteiger partial charge in [0, 0.05) is 0 Å². The molecule has 37 heavy (non-hydrogen) atoms. The minimum atomic E-state index is -0.869. The van der Waals surface area contributed by atoms with Crippen molar-refractivity contribution in [2.24, 2.45) is 0 Å². The molecule has 3 N–H and O–H groups in total. The molecule has 3 aromatic rings. The lowest BCUT2D eigenvalue weighted by molar-refractivity contribution is -0.0930. The number of ether oxygens (including phenoxy) is 4. The van der Waals surface area contributed by atoms with E-state index >= 15 is 0 Å². The lowest BCUT2D eigenvalue weighted by Crippen LogP contribution is -2.34. The van der Waals surface area contributed by atoms with Crippen LogP contribution >= 0.6 is 0 Å². The van der Waals surface area contributed by atoms with E-state index < -0.39 is 11.7 Å². The van der Waals surface area contributed by atoms with Crippen molar-refractivity contribution in [3.8, 4) is 11.5 Å². The van der Waals surface area contributed by atoms with Crippen LogP contribution in [0, 0.1) is 0 Å². The summed E-state index contributed by atoms with van der Waals surface area (Å²) in [5, 5.41) is 28.5. The van der Waals surface area contributed by atoms with Crippen LogP contribution in [0.4, 0.5) is 0 Å². The fourth-order valence-electron chi connectivity index (χ4n) is 3.78. The van der Waals surface area contributed by atoms with Gasteiger partial charge in [-0.15, -0.1) is 0 Å². The van der Waals surface area contributed by atoms with Crippen LogP contribution in [0.25, 0.3) is 0 Å². The molecule has 0 aliphatic carbocycles. The normalized spacial score (nSPS) is 15.4. The van der Waals surface area contributed by atoms with Crippen LogP contribution < -0.4 is 9.47 Å². The highest BCUT2D eigenvalue weighted by Gasteiger charge is 2.31. The molecule has 0 radical (unpaired) electrons. The molecule has 3 rings (SSSR count). The van der Waals surface area contributed by atoms with Crippen molar-refractivity contribution in [1.82, 2.24) is 0 Å². The molecule has 0 fully saturated rings. The number of rotatable bonds is 15. The molecule has 0 aromatic heterocycles. The maximum atomic E-state index is 9.95. The molecular formula is C30H38O7. The Kier molecular flexibility index (Phi) is 10.9. The first-order valence-electron chi connectivity index (χ1n) is 12.5. The average molecular weight is 511 g/mol. The summed E-state index contributed by atoms with van der Waals surface area (Å²) in [5.74, 6) is 1.29. The minimum absolute atomic E-state index is 0.0720. The van der Waals surface area contributed by atoms with Gasteiger partial charge in [-0.25, -0.2) is 0 Å². The molecule has 3 atom stereocenters. The first-order valence-corrected chi connectivity index (χ1v) is 12.5. The fourth-order valence-corrected chi connectivity index (χ4v) is 3.78. The largest absolute Gasteiger partial charge is 0.488 e. The summed E-state index contributed by atoms with van der Waals surface area (Å²) in [6.45, 7) is 5.78. The maximum Gasteiger partial charge on any atom is 0.119 e. The van der Waals surface area contributed by atoms with Gasteiger partial charge >= 0.3 is 0 Å². The van der Waals surface area contributed by atoms with Gasteiger partial charge in [-0.2, -0.15) is 0 Å². The van der Waals surface area contributed by atoms with E-state index in [2.05, 4.69) is 0 Å². The molecule has 0 aliphatic heterocycles. The number of aliphatic hydroxyl groups is 3. The van der Waals surface area contributed by atoms with Crippen LogP contribution in [0.3, 0.4) is 0 Å². The molecule has 3 aromatic carbocycles. The van der Waals surface area contributed by atoms with Gasteiger partial charge in [-0.3, -0.25) is 0 Å². The van der Waals surface area contributed by atoms with E-state index in [1.54, 1.807) is 13.8 Å². The van der Waals surface area contributed by atoms with E-state index in [4.69, 9.17) is 18.9 Å². The topological polar surface area (TPSA) is 97.6 Å². The van der Waals surface area contributed by atoms with Crippen molar-refractivity contribution in [2.75, 3.05) is 26.4 Å². The molecule has 0 spiro atoms. The SMILES string of the molecule is CC(CO)Oc1ccc(C(C)(OCC(CO)OCc2ccccc2)c2ccc(OC(C)CO)cc2)cc1. The summed E-state index contributed by atoms with van der Waals surface area (Å²) in [4.78, 5) is 0. The molecular weight excluding hydrogens is 472 g/mol. The second-order valence-electron chi connectivity index (χ2n) is 9.22. The van der Waals surface area contributed by atoms with Crippen LogP contribution in [0.15, 0.2) is 78.9 Å². The van der Waals surface area contributed by atoms with E-state index in [1.807, 2.05) is 85.8 Å². The predicted octanol–water partition coefficient (Wildman–Crippen LogP) is 4.06. The summed E-state index contributed by atoms with van der Waals surface area (Å²) in [5.41, 5.74) is 1.91. The average Bonchev–Trinajstić information content (AvgIpc) is 2.94. The van der Waals surface area contributed by atoms with Crippen LogP contribution in [0.1, 0.15) is 37.5 Å². The predicted molar refractivity (Wildman–Crippen MR) is 142 cm³/mol. The molecule has 0 saturated heterocycles. The van der Waals surface area contributed by atoms with Crippen LogP contribution in [-0.4, -0.2) is 60.1 Å². The Labute approximate surface area is 219 Å². The number of hydrogen-bond acceptors (Lipinski definition) is 7. The smallest absolute Gasteiger partial charge is 0.119 e. The maximum absolute atomic E-state index is 9.95. The van der Waals surface area contributed by atoms with Gasteiger partial charge in [-0.1, -0.05) is 54.6 Å².